The molecule has 1 atom stereocenters. The van der Waals surface area contributed by atoms with Crippen LogP contribution in [0, 0.1) is 18.7 Å². The second-order valence-electron chi connectivity index (χ2n) is 10.6. The summed E-state index contributed by atoms with van der Waals surface area (Å²) in [6, 6.07) is 6.99. The number of piperazine rings is 1. The fourth-order valence-electron chi connectivity index (χ4n) is 5.07. The summed E-state index contributed by atoms with van der Waals surface area (Å²) in [7, 11) is 0. The molecule has 2 fully saturated rings. The predicted molar refractivity (Wildman–Crippen MR) is 148 cm³/mol. The second-order valence-corrected chi connectivity index (χ2v) is 10.6. The number of alkyl halides is 3. The number of pyridine rings is 1. The summed E-state index contributed by atoms with van der Waals surface area (Å²) >= 11 is 0. The summed E-state index contributed by atoms with van der Waals surface area (Å²) in [5.74, 6) is -1.64. The first-order valence-electron chi connectivity index (χ1n) is 13.7. The number of aromatic nitrogens is 2. The van der Waals surface area contributed by atoms with Gasteiger partial charge in [0.25, 0.3) is 11.9 Å². The van der Waals surface area contributed by atoms with Crippen LogP contribution >= 0.6 is 0 Å². The Hall–Kier alpha value is -4.36. The number of nitrogens with zero attached hydrogens (tertiary/aromatic N) is 5. The van der Waals surface area contributed by atoms with E-state index in [1.807, 2.05) is 11.8 Å². The number of nitrogens with one attached hydrogen (secondary N) is 2. The number of hydrogen-bond acceptors (Lipinski definition) is 7. The van der Waals surface area contributed by atoms with Gasteiger partial charge in [0.15, 0.2) is 5.69 Å². The zero-order chi connectivity index (χ0) is 30.0. The van der Waals surface area contributed by atoms with Gasteiger partial charge in [-0.05, 0) is 49.4 Å². The van der Waals surface area contributed by atoms with Crippen LogP contribution in [0.5, 0.6) is 0 Å². The smallest absolute Gasteiger partial charge is 0.417 e. The maximum Gasteiger partial charge on any atom is 0.437 e. The Morgan fingerprint density at radius 1 is 1.02 bits per heavy atom. The van der Waals surface area contributed by atoms with E-state index in [0.717, 1.165) is 12.8 Å². The highest BCUT2D eigenvalue weighted by Crippen LogP contribution is 2.35. The molecule has 42 heavy (non-hydrogen) atoms. The molecule has 0 radical (unpaired) electrons. The van der Waals surface area contributed by atoms with Crippen LogP contribution in [0.1, 0.15) is 41.6 Å². The van der Waals surface area contributed by atoms with Gasteiger partial charge in [0.05, 0.1) is 17.6 Å². The van der Waals surface area contributed by atoms with E-state index < -0.39 is 35.4 Å². The molecule has 3 amide bonds. The average molecular weight is 590 g/mol. The number of piperidine rings is 1. The Morgan fingerprint density at radius 3 is 2.43 bits per heavy atom. The highest BCUT2D eigenvalue weighted by molar-refractivity contribution is 6.03. The number of halogens is 4. The van der Waals surface area contributed by atoms with Crippen molar-refractivity contribution in [3.05, 3.63) is 59.4 Å². The molecule has 5 rings (SSSR count). The van der Waals surface area contributed by atoms with Crippen LogP contribution < -0.4 is 20.4 Å². The van der Waals surface area contributed by atoms with Gasteiger partial charge in [-0.25, -0.2) is 14.2 Å². The van der Waals surface area contributed by atoms with Crippen LogP contribution in [0.25, 0.3) is 0 Å². The highest BCUT2D eigenvalue weighted by Gasteiger charge is 2.42. The van der Waals surface area contributed by atoms with E-state index in [1.54, 1.807) is 28.9 Å². The Balaban J connectivity index is 1.23. The number of carbonyl (C=O) groups is 2. The topological polar surface area (TPSA) is 107 Å². The number of oxazole rings is 1. The lowest BCUT2D eigenvalue weighted by molar-refractivity contribution is -0.141. The fraction of sp³-hybridized carbons (Fsp3) is 0.429. The maximum absolute atomic E-state index is 13.9. The molecule has 14 heteroatoms. The number of hydrogen-bond donors (Lipinski definition) is 2. The van der Waals surface area contributed by atoms with E-state index in [9.17, 15) is 27.2 Å². The molecule has 2 aromatic heterocycles. The Kier molecular flexibility index (Phi) is 8.23. The van der Waals surface area contributed by atoms with Gasteiger partial charge in [0, 0.05) is 39.3 Å². The molecule has 0 aliphatic carbocycles. The van der Waals surface area contributed by atoms with Crippen molar-refractivity contribution in [1.82, 2.24) is 14.9 Å². The van der Waals surface area contributed by atoms with Crippen LogP contribution in [-0.4, -0.2) is 66.1 Å². The van der Waals surface area contributed by atoms with E-state index in [-0.39, 0.29) is 23.3 Å². The van der Waals surface area contributed by atoms with Gasteiger partial charge in [-0.3, -0.25) is 4.79 Å². The van der Waals surface area contributed by atoms with Crippen molar-refractivity contribution < 1.29 is 31.6 Å². The minimum absolute atomic E-state index is 0.102. The molecule has 0 bridgehead atoms. The molecule has 0 spiro atoms. The molecule has 2 saturated heterocycles. The first-order chi connectivity index (χ1) is 20.0. The van der Waals surface area contributed by atoms with Gasteiger partial charge in [-0.15, -0.1) is 0 Å². The van der Waals surface area contributed by atoms with Crippen molar-refractivity contribution >= 4 is 35.1 Å². The van der Waals surface area contributed by atoms with Gasteiger partial charge >= 0.3 is 12.2 Å². The molecule has 10 nitrogen and oxygen atoms in total. The lowest BCUT2D eigenvalue weighted by Gasteiger charge is -2.35. The highest BCUT2D eigenvalue weighted by atomic mass is 19.4. The summed E-state index contributed by atoms with van der Waals surface area (Å²) in [5, 5.41) is 5.05. The van der Waals surface area contributed by atoms with E-state index in [1.165, 1.54) is 24.4 Å². The van der Waals surface area contributed by atoms with Crippen LogP contribution in [0.2, 0.25) is 0 Å². The van der Waals surface area contributed by atoms with Crippen LogP contribution in [0.15, 0.2) is 40.9 Å². The van der Waals surface area contributed by atoms with Crippen molar-refractivity contribution in [3.8, 4) is 0 Å². The third-order valence-electron chi connectivity index (χ3n) is 7.37. The third-order valence-corrected chi connectivity index (χ3v) is 7.37. The molecule has 2 aliphatic rings. The summed E-state index contributed by atoms with van der Waals surface area (Å²) in [4.78, 5) is 38.7. The first-order valence-corrected chi connectivity index (χ1v) is 13.7. The molecule has 0 saturated carbocycles. The number of carbonyl (C=O) groups excluding carboxylic acids is 2. The summed E-state index contributed by atoms with van der Waals surface area (Å²) in [5.41, 5.74) is -0.465. The molecular formula is C28H31F4N7O3. The number of rotatable bonds is 5. The normalized spacial score (nSPS) is 17.8. The van der Waals surface area contributed by atoms with Gasteiger partial charge in [0.2, 0.25) is 5.76 Å². The average Bonchev–Trinajstić information content (AvgIpc) is 3.42. The minimum atomic E-state index is -4.87. The molecule has 2 N–H and O–H groups in total. The van der Waals surface area contributed by atoms with E-state index in [2.05, 4.69) is 20.6 Å². The van der Waals surface area contributed by atoms with E-state index in [4.69, 9.17) is 4.42 Å². The zero-order valence-electron chi connectivity index (χ0n) is 23.2. The quantitative estimate of drug-likeness (QED) is 0.385. The minimum Gasteiger partial charge on any atom is -0.417 e. The van der Waals surface area contributed by atoms with Gasteiger partial charge < -0.3 is 29.8 Å². The number of aryl methyl sites for hydroxylation is 1. The van der Waals surface area contributed by atoms with Crippen molar-refractivity contribution in [1.29, 1.82) is 0 Å². The van der Waals surface area contributed by atoms with E-state index in [0.29, 0.717) is 50.6 Å². The largest absolute Gasteiger partial charge is 0.437 e. The van der Waals surface area contributed by atoms with Crippen molar-refractivity contribution in [2.45, 2.75) is 32.9 Å². The lowest BCUT2D eigenvalue weighted by atomic mass is 10.0. The number of urea groups is 1. The summed E-state index contributed by atoms with van der Waals surface area (Å²) in [6.07, 6.45) is -1.75. The lowest BCUT2D eigenvalue weighted by Crippen LogP contribution is -2.50. The molecule has 3 aromatic rings. The van der Waals surface area contributed by atoms with Crippen molar-refractivity contribution in [2.75, 3.05) is 59.7 Å². The molecular weight excluding hydrogens is 558 g/mol. The maximum atomic E-state index is 13.9. The van der Waals surface area contributed by atoms with Gasteiger partial charge in [0.1, 0.15) is 11.6 Å². The zero-order valence-corrected chi connectivity index (χ0v) is 23.2. The van der Waals surface area contributed by atoms with Crippen molar-refractivity contribution in [2.24, 2.45) is 5.92 Å². The molecule has 1 aromatic carbocycles. The summed E-state index contributed by atoms with van der Waals surface area (Å²) in [6.45, 7) is 6.32. The predicted octanol–water partition coefficient (Wildman–Crippen LogP) is 5.38. The van der Waals surface area contributed by atoms with Crippen LogP contribution in [-0.2, 0) is 6.18 Å². The molecule has 2 aliphatic heterocycles. The molecule has 4 heterocycles. The van der Waals surface area contributed by atoms with Crippen LogP contribution in [0.3, 0.4) is 0 Å². The Labute approximate surface area is 239 Å². The fourth-order valence-corrected chi connectivity index (χ4v) is 5.07. The first kappa shape index (κ1) is 29.1. The standard InChI is InChI=1S/C28H31F4N7O3/c1-17-6-5-9-39(16-17)27-36-24(28(30,31)32)23(42-27)25(40)34-21-15-33-22(14-18(21)2)37-10-12-38(13-11-37)26(41)35-20-8-4-3-7-19(20)29/h3-4,7-8,14-15,17H,5-6,9-13,16H2,1-2H3,(H,34,40)(H,35,41). The van der Waals surface area contributed by atoms with Crippen molar-refractivity contribution in [3.63, 3.8) is 0 Å². The molecule has 224 valence electrons. The summed E-state index contributed by atoms with van der Waals surface area (Å²) < 4.78 is 60.6. The Morgan fingerprint density at radius 2 is 1.76 bits per heavy atom. The monoisotopic (exact) mass is 589 g/mol. The number of benzene rings is 1. The third kappa shape index (κ3) is 6.42. The van der Waals surface area contributed by atoms with Gasteiger partial charge in [-0.2, -0.15) is 18.2 Å². The number of para-hydroxylation sites is 1. The number of amides is 3. The SMILES string of the molecule is Cc1cc(N2CCN(C(=O)Nc3ccccc3F)CC2)ncc1NC(=O)c1oc(N2CCCC(C)C2)nc1C(F)(F)F. The van der Waals surface area contributed by atoms with Crippen LogP contribution in [0.4, 0.5) is 45.6 Å². The molecule has 1 unspecified atom stereocenters. The second kappa shape index (κ2) is 11.9. The Bertz CT molecular complexity index is 1450. The number of anilines is 4. The van der Waals surface area contributed by atoms with E-state index >= 15 is 0 Å². The van der Waals surface area contributed by atoms with Gasteiger partial charge in [-0.1, -0.05) is 19.1 Å².